The summed E-state index contributed by atoms with van der Waals surface area (Å²) in [6.45, 7) is 2.16. The molecule has 2 nitrogen and oxygen atoms in total. The summed E-state index contributed by atoms with van der Waals surface area (Å²) in [7, 11) is 2.10. The van der Waals surface area contributed by atoms with Crippen LogP contribution in [-0.2, 0) is 0 Å². The summed E-state index contributed by atoms with van der Waals surface area (Å²) in [6.07, 6.45) is 0. The number of thiophene rings is 1. The number of likely N-dealkylation sites (N-methyl/N-ethyl adjacent to an activating group) is 1. The highest BCUT2D eigenvalue weighted by atomic mass is 32.1. The molecule has 0 aliphatic carbocycles. The lowest BCUT2D eigenvalue weighted by atomic mass is 10.2. The van der Waals surface area contributed by atoms with Crippen LogP contribution in [0.2, 0.25) is 0 Å². The predicted octanol–water partition coefficient (Wildman–Crippen LogP) is 1.59. The summed E-state index contributed by atoms with van der Waals surface area (Å²) in [5.74, 6) is 0. The van der Waals surface area contributed by atoms with Gasteiger partial charge in [0, 0.05) is 18.0 Å². The lowest BCUT2D eigenvalue weighted by molar-refractivity contribution is 0.608. The van der Waals surface area contributed by atoms with Gasteiger partial charge in [-0.3, -0.25) is 0 Å². The highest BCUT2D eigenvalue weighted by molar-refractivity contribution is 7.10. The molecule has 11 heavy (non-hydrogen) atoms. The Balaban J connectivity index is 2.48. The summed E-state index contributed by atoms with van der Waals surface area (Å²) < 4.78 is 0. The number of nitrogens with zero attached hydrogens (tertiary/aromatic N) is 1. The van der Waals surface area contributed by atoms with Crippen LogP contribution in [0.4, 0.5) is 5.69 Å². The average Bonchev–Trinajstić information content (AvgIpc) is 2.53. The van der Waals surface area contributed by atoms with Crippen LogP contribution in [0.3, 0.4) is 0 Å². The van der Waals surface area contributed by atoms with Crippen molar-refractivity contribution in [1.82, 2.24) is 0 Å². The summed E-state index contributed by atoms with van der Waals surface area (Å²) in [5.41, 5.74) is 7.31. The molecule has 0 radical (unpaired) electrons. The molecule has 0 saturated heterocycles. The summed E-state index contributed by atoms with van der Waals surface area (Å²) in [5, 5.41) is 2.10. The maximum Gasteiger partial charge on any atom is 0.0614 e. The minimum atomic E-state index is 0.218. The zero-order valence-electron chi connectivity index (χ0n) is 6.74. The Kier molecular flexibility index (Phi) is 1.44. The van der Waals surface area contributed by atoms with Gasteiger partial charge >= 0.3 is 0 Å². The van der Waals surface area contributed by atoms with Crippen LogP contribution < -0.4 is 10.6 Å². The summed E-state index contributed by atoms with van der Waals surface area (Å²) in [4.78, 5) is 3.58. The molecule has 1 aromatic heterocycles. The van der Waals surface area contributed by atoms with Gasteiger partial charge < -0.3 is 10.6 Å². The van der Waals surface area contributed by atoms with E-state index < -0.39 is 0 Å². The van der Waals surface area contributed by atoms with E-state index in [2.05, 4.69) is 30.3 Å². The van der Waals surface area contributed by atoms with Crippen LogP contribution in [0, 0.1) is 0 Å². The number of anilines is 1. The normalized spacial score (nSPS) is 29.2. The van der Waals surface area contributed by atoms with Crippen molar-refractivity contribution in [3.63, 3.8) is 0 Å². The number of fused-ring (bicyclic) bond motifs is 1. The van der Waals surface area contributed by atoms with Gasteiger partial charge in [-0.15, -0.1) is 11.3 Å². The molecule has 3 heteroatoms. The first-order chi connectivity index (χ1) is 5.22. The molecule has 2 heterocycles. The molecular weight excluding hydrogens is 156 g/mol. The average molecular weight is 168 g/mol. The third-order valence-corrected chi connectivity index (χ3v) is 3.49. The van der Waals surface area contributed by atoms with Crippen LogP contribution in [-0.4, -0.2) is 13.1 Å². The molecular formula is C8H12N2S. The molecule has 2 unspecified atom stereocenters. The molecule has 0 amide bonds. The zero-order valence-corrected chi connectivity index (χ0v) is 7.56. The first kappa shape index (κ1) is 7.13. The fraction of sp³-hybridized carbons (Fsp3) is 0.500. The van der Waals surface area contributed by atoms with Gasteiger partial charge in [0.05, 0.1) is 11.7 Å². The molecule has 2 atom stereocenters. The van der Waals surface area contributed by atoms with Crippen LogP contribution in [0.1, 0.15) is 17.8 Å². The monoisotopic (exact) mass is 168 g/mol. The van der Waals surface area contributed by atoms with Gasteiger partial charge in [0.25, 0.3) is 0 Å². The molecule has 1 aromatic rings. The van der Waals surface area contributed by atoms with E-state index in [-0.39, 0.29) is 6.04 Å². The Morgan fingerprint density at radius 3 is 3.00 bits per heavy atom. The summed E-state index contributed by atoms with van der Waals surface area (Å²) in [6, 6.07) is 2.82. The third-order valence-electron chi connectivity index (χ3n) is 2.49. The van der Waals surface area contributed by atoms with Gasteiger partial charge in [-0.1, -0.05) is 0 Å². The van der Waals surface area contributed by atoms with Crippen LogP contribution in [0.5, 0.6) is 0 Å². The smallest absolute Gasteiger partial charge is 0.0614 e. The van der Waals surface area contributed by atoms with Crippen molar-refractivity contribution in [2.45, 2.75) is 19.0 Å². The molecule has 0 fully saturated rings. The van der Waals surface area contributed by atoms with E-state index >= 15 is 0 Å². The van der Waals surface area contributed by atoms with E-state index in [0.29, 0.717) is 6.04 Å². The highest BCUT2D eigenvalue weighted by Crippen LogP contribution is 2.40. The van der Waals surface area contributed by atoms with Crippen molar-refractivity contribution < 1.29 is 0 Å². The zero-order chi connectivity index (χ0) is 8.01. The Bertz CT molecular complexity index is 244. The minimum Gasteiger partial charge on any atom is -0.369 e. The van der Waals surface area contributed by atoms with Gasteiger partial charge in [-0.05, 0) is 18.4 Å². The Morgan fingerprint density at radius 1 is 1.64 bits per heavy atom. The minimum absolute atomic E-state index is 0.218. The summed E-state index contributed by atoms with van der Waals surface area (Å²) >= 11 is 1.76. The van der Waals surface area contributed by atoms with Gasteiger partial charge in [-0.2, -0.15) is 0 Å². The first-order valence-corrected chi connectivity index (χ1v) is 4.65. The molecule has 2 rings (SSSR count). The molecule has 60 valence electrons. The molecule has 1 aliphatic rings. The van der Waals surface area contributed by atoms with Gasteiger partial charge in [0.2, 0.25) is 0 Å². The molecule has 0 bridgehead atoms. The SMILES string of the molecule is CC1C(N)c2sccc2N1C. The second kappa shape index (κ2) is 2.22. The largest absolute Gasteiger partial charge is 0.369 e. The number of hydrogen-bond acceptors (Lipinski definition) is 3. The predicted molar refractivity (Wildman–Crippen MR) is 49.1 cm³/mol. The maximum atomic E-state index is 5.99. The van der Waals surface area contributed by atoms with Gasteiger partial charge in [0.1, 0.15) is 0 Å². The fourth-order valence-electron chi connectivity index (χ4n) is 1.53. The van der Waals surface area contributed by atoms with Crippen molar-refractivity contribution in [2.75, 3.05) is 11.9 Å². The van der Waals surface area contributed by atoms with Crippen molar-refractivity contribution in [3.8, 4) is 0 Å². The third kappa shape index (κ3) is 0.812. The van der Waals surface area contributed by atoms with Crippen molar-refractivity contribution in [3.05, 3.63) is 16.3 Å². The van der Waals surface area contributed by atoms with Crippen molar-refractivity contribution in [2.24, 2.45) is 5.73 Å². The Morgan fingerprint density at radius 2 is 2.36 bits per heavy atom. The topological polar surface area (TPSA) is 29.3 Å². The molecule has 0 saturated carbocycles. The molecule has 0 spiro atoms. The molecule has 2 N–H and O–H groups in total. The number of hydrogen-bond donors (Lipinski definition) is 1. The maximum absolute atomic E-state index is 5.99. The lowest BCUT2D eigenvalue weighted by Crippen LogP contribution is -2.31. The van der Waals surface area contributed by atoms with E-state index in [1.807, 2.05) is 0 Å². The van der Waals surface area contributed by atoms with E-state index in [0.717, 1.165) is 0 Å². The van der Waals surface area contributed by atoms with E-state index in [4.69, 9.17) is 5.73 Å². The standard InChI is InChI=1S/C8H12N2S/c1-5-7(9)8-6(10(5)2)3-4-11-8/h3-5,7H,9H2,1-2H3. The van der Waals surface area contributed by atoms with E-state index in [9.17, 15) is 0 Å². The number of rotatable bonds is 0. The van der Waals surface area contributed by atoms with E-state index in [1.165, 1.54) is 10.6 Å². The van der Waals surface area contributed by atoms with Crippen LogP contribution >= 0.6 is 11.3 Å². The van der Waals surface area contributed by atoms with Crippen LogP contribution in [0.15, 0.2) is 11.4 Å². The van der Waals surface area contributed by atoms with E-state index in [1.54, 1.807) is 11.3 Å². The van der Waals surface area contributed by atoms with Gasteiger partial charge in [-0.25, -0.2) is 0 Å². The Labute approximate surface area is 70.6 Å². The number of nitrogens with two attached hydrogens (primary N) is 1. The second-order valence-corrected chi connectivity index (χ2v) is 4.00. The van der Waals surface area contributed by atoms with Crippen LogP contribution in [0.25, 0.3) is 0 Å². The van der Waals surface area contributed by atoms with Crippen molar-refractivity contribution >= 4 is 17.0 Å². The van der Waals surface area contributed by atoms with Crippen molar-refractivity contribution in [1.29, 1.82) is 0 Å². The second-order valence-electron chi connectivity index (χ2n) is 3.05. The Hall–Kier alpha value is -0.540. The first-order valence-electron chi connectivity index (χ1n) is 3.77. The highest BCUT2D eigenvalue weighted by Gasteiger charge is 2.31. The fourth-order valence-corrected chi connectivity index (χ4v) is 2.56. The lowest BCUT2D eigenvalue weighted by Gasteiger charge is -2.20. The van der Waals surface area contributed by atoms with Gasteiger partial charge in [0.15, 0.2) is 0 Å². The molecule has 0 aromatic carbocycles. The quantitative estimate of drug-likeness (QED) is 0.637. The molecule has 1 aliphatic heterocycles.